The van der Waals surface area contributed by atoms with Crippen LogP contribution in [0.5, 0.6) is 0 Å². The summed E-state index contributed by atoms with van der Waals surface area (Å²) in [4.78, 5) is 1.98. The SMILES string of the molecule is CC(c1c(F)cccc1F)N(CCN)Cc1ccccc1. The lowest BCUT2D eigenvalue weighted by molar-refractivity contribution is 0.199. The van der Waals surface area contributed by atoms with Crippen LogP contribution in [0.15, 0.2) is 48.5 Å². The third-order valence-corrected chi connectivity index (χ3v) is 3.61. The summed E-state index contributed by atoms with van der Waals surface area (Å²) < 4.78 is 27.9. The fourth-order valence-corrected chi connectivity index (χ4v) is 2.49. The largest absolute Gasteiger partial charge is 0.329 e. The van der Waals surface area contributed by atoms with E-state index in [4.69, 9.17) is 5.73 Å². The van der Waals surface area contributed by atoms with Gasteiger partial charge in [-0.05, 0) is 24.6 Å². The topological polar surface area (TPSA) is 29.3 Å². The number of hydrogen-bond donors (Lipinski definition) is 1. The first-order valence-corrected chi connectivity index (χ1v) is 7.05. The van der Waals surface area contributed by atoms with Crippen LogP contribution >= 0.6 is 0 Å². The van der Waals surface area contributed by atoms with Crippen LogP contribution in [0.1, 0.15) is 24.1 Å². The van der Waals surface area contributed by atoms with Crippen LogP contribution in [0, 0.1) is 11.6 Å². The van der Waals surface area contributed by atoms with E-state index in [0.717, 1.165) is 5.56 Å². The number of nitrogens with zero attached hydrogens (tertiary/aromatic N) is 1. The van der Waals surface area contributed by atoms with Crippen molar-refractivity contribution in [2.75, 3.05) is 13.1 Å². The average molecular weight is 290 g/mol. The summed E-state index contributed by atoms with van der Waals surface area (Å²) in [6.45, 7) is 3.42. The van der Waals surface area contributed by atoms with E-state index in [1.807, 2.05) is 35.2 Å². The van der Waals surface area contributed by atoms with Crippen molar-refractivity contribution in [3.8, 4) is 0 Å². The molecule has 0 fully saturated rings. The minimum atomic E-state index is -0.516. The molecule has 1 atom stereocenters. The molecule has 0 spiro atoms. The monoisotopic (exact) mass is 290 g/mol. The van der Waals surface area contributed by atoms with Crippen LogP contribution in [0.3, 0.4) is 0 Å². The molecule has 2 nitrogen and oxygen atoms in total. The maximum Gasteiger partial charge on any atom is 0.130 e. The third kappa shape index (κ3) is 3.86. The molecule has 0 amide bonds. The highest BCUT2D eigenvalue weighted by Crippen LogP contribution is 2.26. The van der Waals surface area contributed by atoms with Crippen molar-refractivity contribution in [2.45, 2.75) is 19.5 Å². The van der Waals surface area contributed by atoms with Gasteiger partial charge in [0, 0.05) is 31.2 Å². The van der Waals surface area contributed by atoms with Gasteiger partial charge in [0.05, 0.1) is 0 Å². The summed E-state index contributed by atoms with van der Waals surface area (Å²) in [5.74, 6) is -1.03. The summed E-state index contributed by atoms with van der Waals surface area (Å²) in [7, 11) is 0. The minimum absolute atomic E-state index is 0.0990. The zero-order chi connectivity index (χ0) is 15.2. The second-order valence-electron chi connectivity index (χ2n) is 5.06. The Morgan fingerprint density at radius 2 is 1.62 bits per heavy atom. The van der Waals surface area contributed by atoms with Gasteiger partial charge in [-0.1, -0.05) is 36.4 Å². The van der Waals surface area contributed by atoms with Gasteiger partial charge in [0.1, 0.15) is 11.6 Å². The standard InChI is InChI=1S/C17H20F2N2/c1-13(17-15(18)8-5-9-16(17)19)21(11-10-20)12-14-6-3-2-4-7-14/h2-9,13H,10-12,20H2,1H3. The fourth-order valence-electron chi connectivity index (χ4n) is 2.49. The second kappa shape index (κ2) is 7.29. The molecule has 0 aromatic heterocycles. The molecule has 0 aliphatic heterocycles. The molecule has 0 radical (unpaired) electrons. The molecule has 0 saturated carbocycles. The van der Waals surface area contributed by atoms with Gasteiger partial charge in [-0.2, -0.15) is 0 Å². The number of hydrogen-bond acceptors (Lipinski definition) is 2. The van der Waals surface area contributed by atoms with E-state index in [1.165, 1.54) is 18.2 Å². The van der Waals surface area contributed by atoms with E-state index >= 15 is 0 Å². The molecule has 2 rings (SSSR count). The van der Waals surface area contributed by atoms with Crippen LogP contribution in [0.2, 0.25) is 0 Å². The van der Waals surface area contributed by atoms with E-state index in [0.29, 0.717) is 19.6 Å². The van der Waals surface area contributed by atoms with Gasteiger partial charge < -0.3 is 5.73 Å². The van der Waals surface area contributed by atoms with E-state index in [2.05, 4.69) is 0 Å². The number of benzene rings is 2. The normalized spacial score (nSPS) is 12.6. The maximum absolute atomic E-state index is 13.9. The summed E-state index contributed by atoms with van der Waals surface area (Å²) in [5, 5.41) is 0. The summed E-state index contributed by atoms with van der Waals surface area (Å²) in [5.41, 5.74) is 6.84. The first-order chi connectivity index (χ1) is 10.1. The van der Waals surface area contributed by atoms with Gasteiger partial charge in [-0.3, -0.25) is 4.90 Å². The first-order valence-electron chi connectivity index (χ1n) is 7.05. The van der Waals surface area contributed by atoms with Gasteiger partial charge in [0.15, 0.2) is 0 Å². The lowest BCUT2D eigenvalue weighted by Gasteiger charge is -2.29. The number of rotatable bonds is 6. The van der Waals surface area contributed by atoms with Gasteiger partial charge >= 0.3 is 0 Å². The molecule has 1 unspecified atom stereocenters. The number of nitrogens with two attached hydrogens (primary N) is 1. The molecule has 21 heavy (non-hydrogen) atoms. The van der Waals surface area contributed by atoms with E-state index in [-0.39, 0.29) is 11.6 Å². The fraction of sp³-hybridized carbons (Fsp3) is 0.294. The van der Waals surface area contributed by atoms with Crippen LogP contribution in [0.4, 0.5) is 8.78 Å². The maximum atomic E-state index is 13.9. The molecule has 0 aliphatic rings. The van der Waals surface area contributed by atoms with Gasteiger partial charge in [0.2, 0.25) is 0 Å². The predicted octanol–water partition coefficient (Wildman–Crippen LogP) is 3.49. The Morgan fingerprint density at radius 3 is 2.19 bits per heavy atom. The highest BCUT2D eigenvalue weighted by molar-refractivity contribution is 5.23. The lowest BCUT2D eigenvalue weighted by atomic mass is 10.0. The Kier molecular flexibility index (Phi) is 5.42. The van der Waals surface area contributed by atoms with E-state index < -0.39 is 11.6 Å². The van der Waals surface area contributed by atoms with Crippen LogP contribution in [-0.2, 0) is 6.54 Å². The molecule has 0 heterocycles. The number of halogens is 2. The molecular weight excluding hydrogens is 270 g/mol. The summed E-state index contributed by atoms with van der Waals surface area (Å²) in [6.07, 6.45) is 0. The Morgan fingerprint density at radius 1 is 1.00 bits per heavy atom. The Labute approximate surface area is 124 Å². The third-order valence-electron chi connectivity index (χ3n) is 3.61. The van der Waals surface area contributed by atoms with Gasteiger partial charge in [0.25, 0.3) is 0 Å². The molecule has 4 heteroatoms. The van der Waals surface area contributed by atoms with Crippen molar-refractivity contribution in [1.82, 2.24) is 4.90 Å². The van der Waals surface area contributed by atoms with Crippen molar-refractivity contribution in [3.05, 3.63) is 71.3 Å². The smallest absolute Gasteiger partial charge is 0.130 e. The highest BCUT2D eigenvalue weighted by Gasteiger charge is 2.22. The second-order valence-corrected chi connectivity index (χ2v) is 5.06. The Bertz CT molecular complexity index is 552. The first kappa shape index (κ1) is 15.6. The molecule has 2 N–H and O–H groups in total. The van der Waals surface area contributed by atoms with E-state index in [9.17, 15) is 8.78 Å². The average Bonchev–Trinajstić information content (AvgIpc) is 2.47. The molecule has 112 valence electrons. The van der Waals surface area contributed by atoms with Crippen molar-refractivity contribution >= 4 is 0 Å². The quantitative estimate of drug-likeness (QED) is 0.882. The minimum Gasteiger partial charge on any atom is -0.329 e. The van der Waals surface area contributed by atoms with Crippen molar-refractivity contribution < 1.29 is 8.78 Å². The lowest BCUT2D eigenvalue weighted by Crippen LogP contribution is -2.32. The molecule has 0 bridgehead atoms. The molecule has 2 aromatic carbocycles. The highest BCUT2D eigenvalue weighted by atomic mass is 19.1. The van der Waals surface area contributed by atoms with Crippen molar-refractivity contribution in [3.63, 3.8) is 0 Å². The molecular formula is C17H20F2N2. The Hall–Kier alpha value is -1.78. The van der Waals surface area contributed by atoms with Gasteiger partial charge in [-0.15, -0.1) is 0 Å². The summed E-state index contributed by atoms with van der Waals surface area (Å²) in [6, 6.07) is 13.4. The predicted molar refractivity (Wildman–Crippen MR) is 80.7 cm³/mol. The van der Waals surface area contributed by atoms with Crippen LogP contribution < -0.4 is 5.73 Å². The molecule has 0 saturated heterocycles. The van der Waals surface area contributed by atoms with Crippen molar-refractivity contribution in [1.29, 1.82) is 0 Å². The van der Waals surface area contributed by atoms with Crippen LogP contribution in [0.25, 0.3) is 0 Å². The van der Waals surface area contributed by atoms with Crippen molar-refractivity contribution in [2.24, 2.45) is 5.73 Å². The Balaban J connectivity index is 2.25. The van der Waals surface area contributed by atoms with Gasteiger partial charge in [-0.25, -0.2) is 8.78 Å². The van der Waals surface area contributed by atoms with Crippen LogP contribution in [-0.4, -0.2) is 18.0 Å². The zero-order valence-corrected chi connectivity index (χ0v) is 12.1. The van der Waals surface area contributed by atoms with E-state index in [1.54, 1.807) is 6.92 Å². The molecule has 0 aliphatic carbocycles. The summed E-state index contributed by atoms with van der Waals surface area (Å²) >= 11 is 0. The molecule has 2 aromatic rings. The zero-order valence-electron chi connectivity index (χ0n) is 12.1.